The van der Waals surface area contributed by atoms with Gasteiger partial charge in [0.05, 0.1) is 12.2 Å². The molecular formula is C22H34N2O2. The number of benzene rings is 1. The molecule has 0 aromatic heterocycles. The molecule has 1 aromatic rings. The number of piperidine rings is 1. The molecule has 1 aromatic carbocycles. The average molecular weight is 359 g/mol. The van der Waals surface area contributed by atoms with Crippen molar-refractivity contribution in [3.63, 3.8) is 0 Å². The molecule has 26 heavy (non-hydrogen) atoms. The molecule has 0 unspecified atom stereocenters. The van der Waals surface area contributed by atoms with Gasteiger partial charge < -0.3 is 9.64 Å². The van der Waals surface area contributed by atoms with E-state index in [1.165, 1.54) is 5.56 Å². The minimum absolute atomic E-state index is 0.0197. The number of amides is 1. The summed E-state index contributed by atoms with van der Waals surface area (Å²) < 4.78 is 6.30. The van der Waals surface area contributed by atoms with Crippen molar-refractivity contribution in [1.29, 1.82) is 0 Å². The van der Waals surface area contributed by atoms with Crippen LogP contribution in [0, 0.1) is 5.41 Å². The molecule has 2 saturated heterocycles. The van der Waals surface area contributed by atoms with Crippen LogP contribution in [0.3, 0.4) is 0 Å². The second-order valence-corrected chi connectivity index (χ2v) is 9.37. The average Bonchev–Trinajstić information content (AvgIpc) is 2.99. The van der Waals surface area contributed by atoms with E-state index in [4.69, 9.17) is 4.74 Å². The van der Waals surface area contributed by atoms with Crippen molar-refractivity contribution in [1.82, 2.24) is 9.80 Å². The Kier molecular flexibility index (Phi) is 5.73. The summed E-state index contributed by atoms with van der Waals surface area (Å²) in [5, 5.41) is 0. The van der Waals surface area contributed by atoms with Crippen molar-refractivity contribution >= 4 is 5.91 Å². The van der Waals surface area contributed by atoms with E-state index in [2.05, 4.69) is 63.1 Å². The van der Waals surface area contributed by atoms with E-state index in [0.717, 1.165) is 45.5 Å². The molecule has 1 amide bonds. The van der Waals surface area contributed by atoms with Crippen LogP contribution in [-0.2, 0) is 16.1 Å². The Morgan fingerprint density at radius 2 is 1.88 bits per heavy atom. The molecule has 0 radical (unpaired) electrons. The van der Waals surface area contributed by atoms with Crippen LogP contribution in [0.2, 0.25) is 0 Å². The highest BCUT2D eigenvalue weighted by Crippen LogP contribution is 2.38. The number of rotatable bonds is 4. The SMILES string of the molecule is CN(Cc1ccccc1)[C@@H]1COC2(CCN(C(=O)CC(C)(C)C)CC2)C1. The molecule has 2 aliphatic rings. The highest BCUT2D eigenvalue weighted by atomic mass is 16.5. The van der Waals surface area contributed by atoms with Gasteiger partial charge in [0, 0.05) is 32.1 Å². The first-order chi connectivity index (χ1) is 12.3. The minimum atomic E-state index is -0.0197. The highest BCUT2D eigenvalue weighted by molar-refractivity contribution is 5.76. The molecule has 4 nitrogen and oxygen atoms in total. The lowest BCUT2D eigenvalue weighted by molar-refractivity contribution is -0.137. The van der Waals surface area contributed by atoms with E-state index >= 15 is 0 Å². The Balaban J connectivity index is 1.50. The van der Waals surface area contributed by atoms with E-state index in [1.807, 2.05) is 4.90 Å². The smallest absolute Gasteiger partial charge is 0.223 e. The van der Waals surface area contributed by atoms with Gasteiger partial charge in [0.1, 0.15) is 0 Å². The molecule has 3 rings (SSSR count). The van der Waals surface area contributed by atoms with Gasteiger partial charge in [0.2, 0.25) is 5.91 Å². The zero-order valence-corrected chi connectivity index (χ0v) is 16.8. The van der Waals surface area contributed by atoms with Gasteiger partial charge in [-0.05, 0) is 37.3 Å². The molecular weight excluding hydrogens is 324 g/mol. The molecule has 4 heteroatoms. The quantitative estimate of drug-likeness (QED) is 0.823. The van der Waals surface area contributed by atoms with Crippen molar-refractivity contribution in [2.45, 2.75) is 64.6 Å². The summed E-state index contributed by atoms with van der Waals surface area (Å²) in [5.74, 6) is 0.295. The maximum Gasteiger partial charge on any atom is 0.223 e. The van der Waals surface area contributed by atoms with Gasteiger partial charge in [-0.3, -0.25) is 9.69 Å². The number of hydrogen-bond acceptors (Lipinski definition) is 3. The Labute approximate surface area is 158 Å². The molecule has 0 saturated carbocycles. The fourth-order valence-corrected chi connectivity index (χ4v) is 4.18. The van der Waals surface area contributed by atoms with Crippen LogP contribution in [0.4, 0.5) is 0 Å². The normalized spacial score (nSPS) is 23.0. The molecule has 0 aliphatic carbocycles. The first kappa shape index (κ1) is 19.4. The van der Waals surface area contributed by atoms with Crippen LogP contribution in [0.15, 0.2) is 30.3 Å². The standard InChI is InChI=1S/C22H34N2O2/c1-21(2,3)15-20(25)24-12-10-22(11-13-24)14-19(17-26-22)23(4)16-18-8-6-5-7-9-18/h5-9,19H,10-17H2,1-4H3/t19-/m0/s1. The van der Waals surface area contributed by atoms with Gasteiger partial charge in [-0.2, -0.15) is 0 Å². The van der Waals surface area contributed by atoms with E-state index in [1.54, 1.807) is 0 Å². The van der Waals surface area contributed by atoms with E-state index in [0.29, 0.717) is 18.4 Å². The third kappa shape index (κ3) is 4.86. The van der Waals surface area contributed by atoms with Crippen LogP contribution in [0.25, 0.3) is 0 Å². The monoisotopic (exact) mass is 358 g/mol. The van der Waals surface area contributed by atoms with Gasteiger partial charge >= 0.3 is 0 Å². The Bertz CT molecular complexity index is 600. The molecule has 1 atom stereocenters. The van der Waals surface area contributed by atoms with Crippen molar-refractivity contribution in [3.05, 3.63) is 35.9 Å². The van der Waals surface area contributed by atoms with Gasteiger partial charge in [-0.15, -0.1) is 0 Å². The fourth-order valence-electron chi connectivity index (χ4n) is 4.18. The molecule has 2 fully saturated rings. The third-order valence-corrected chi connectivity index (χ3v) is 5.80. The van der Waals surface area contributed by atoms with Crippen LogP contribution in [-0.4, -0.2) is 54.1 Å². The Morgan fingerprint density at radius 3 is 2.50 bits per heavy atom. The van der Waals surface area contributed by atoms with Gasteiger partial charge in [-0.25, -0.2) is 0 Å². The van der Waals surface area contributed by atoms with E-state index < -0.39 is 0 Å². The summed E-state index contributed by atoms with van der Waals surface area (Å²) in [7, 11) is 2.20. The predicted octanol–water partition coefficient (Wildman–Crippen LogP) is 3.70. The highest BCUT2D eigenvalue weighted by Gasteiger charge is 2.44. The number of ether oxygens (including phenoxy) is 1. The number of likely N-dealkylation sites (N-methyl/N-ethyl adjacent to an activating group) is 1. The third-order valence-electron chi connectivity index (χ3n) is 5.80. The molecule has 144 valence electrons. The largest absolute Gasteiger partial charge is 0.373 e. The van der Waals surface area contributed by atoms with Crippen LogP contribution in [0.1, 0.15) is 52.0 Å². The molecule has 1 spiro atoms. The first-order valence-corrected chi connectivity index (χ1v) is 9.92. The lowest BCUT2D eigenvalue weighted by Gasteiger charge is -2.39. The summed E-state index contributed by atoms with van der Waals surface area (Å²) in [5.41, 5.74) is 1.38. The number of nitrogens with zero attached hydrogens (tertiary/aromatic N) is 2. The van der Waals surface area contributed by atoms with Crippen molar-refractivity contribution in [3.8, 4) is 0 Å². The summed E-state index contributed by atoms with van der Waals surface area (Å²) in [4.78, 5) is 16.9. The summed E-state index contributed by atoms with van der Waals surface area (Å²) in [6, 6.07) is 11.1. The maximum atomic E-state index is 12.5. The van der Waals surface area contributed by atoms with Crippen LogP contribution in [0.5, 0.6) is 0 Å². The van der Waals surface area contributed by atoms with Gasteiger partial charge in [-0.1, -0.05) is 51.1 Å². The molecule has 2 aliphatic heterocycles. The molecule has 0 N–H and O–H groups in total. The summed E-state index contributed by atoms with van der Waals surface area (Å²) in [6.07, 6.45) is 3.65. The zero-order chi connectivity index (χ0) is 18.8. The second kappa shape index (κ2) is 7.69. The van der Waals surface area contributed by atoms with Crippen LogP contribution >= 0.6 is 0 Å². The van der Waals surface area contributed by atoms with Crippen molar-refractivity contribution < 1.29 is 9.53 Å². The van der Waals surface area contributed by atoms with Gasteiger partial charge in [0.15, 0.2) is 0 Å². The fraction of sp³-hybridized carbons (Fsp3) is 0.682. The first-order valence-electron chi connectivity index (χ1n) is 9.92. The molecule has 2 heterocycles. The van der Waals surface area contributed by atoms with E-state index in [9.17, 15) is 4.79 Å². The molecule has 0 bridgehead atoms. The number of carbonyl (C=O) groups is 1. The number of carbonyl (C=O) groups excluding carboxylic acids is 1. The number of likely N-dealkylation sites (tertiary alicyclic amines) is 1. The second-order valence-electron chi connectivity index (χ2n) is 9.37. The lowest BCUT2D eigenvalue weighted by atomic mass is 9.86. The van der Waals surface area contributed by atoms with Crippen LogP contribution < -0.4 is 0 Å². The summed E-state index contributed by atoms with van der Waals surface area (Å²) >= 11 is 0. The van der Waals surface area contributed by atoms with Crippen molar-refractivity contribution in [2.24, 2.45) is 5.41 Å². The maximum absolute atomic E-state index is 12.5. The summed E-state index contributed by atoms with van der Waals surface area (Å²) in [6.45, 7) is 9.82. The minimum Gasteiger partial charge on any atom is -0.373 e. The van der Waals surface area contributed by atoms with E-state index in [-0.39, 0.29) is 11.0 Å². The number of hydrogen-bond donors (Lipinski definition) is 0. The Hall–Kier alpha value is -1.39. The lowest BCUT2D eigenvalue weighted by Crippen LogP contribution is -2.47. The van der Waals surface area contributed by atoms with Crippen molar-refractivity contribution in [2.75, 3.05) is 26.7 Å². The topological polar surface area (TPSA) is 32.8 Å². The zero-order valence-electron chi connectivity index (χ0n) is 16.8. The Morgan fingerprint density at radius 1 is 1.23 bits per heavy atom. The van der Waals surface area contributed by atoms with Gasteiger partial charge in [0.25, 0.3) is 0 Å². The predicted molar refractivity (Wildman–Crippen MR) is 105 cm³/mol.